The molecule has 2 aromatic heterocycles. The van der Waals surface area contributed by atoms with Crippen molar-refractivity contribution in [1.82, 2.24) is 18.7 Å². The highest BCUT2D eigenvalue weighted by molar-refractivity contribution is 6.28. The van der Waals surface area contributed by atoms with Crippen molar-refractivity contribution in [2.75, 3.05) is 5.88 Å². The molecule has 0 aliphatic carbocycles. The third-order valence-electron chi connectivity index (χ3n) is 2.75. The Morgan fingerprint density at radius 1 is 1.39 bits per heavy atom. The number of fused-ring (bicyclic) bond motifs is 1. The monoisotopic (exact) mass is 290 g/mol. The molecule has 18 heavy (non-hydrogen) atoms. The number of alkyl halides is 2. The Morgan fingerprint density at radius 3 is 2.67 bits per heavy atom. The van der Waals surface area contributed by atoms with Crippen molar-refractivity contribution in [3.63, 3.8) is 0 Å². The van der Waals surface area contributed by atoms with E-state index in [4.69, 9.17) is 23.2 Å². The first kappa shape index (κ1) is 13.2. The smallest absolute Gasteiger partial charge is 0.328 e. The molecule has 0 N–H and O–H groups in total. The third-order valence-corrected chi connectivity index (χ3v) is 3.57. The van der Waals surface area contributed by atoms with Crippen molar-refractivity contribution >= 4 is 34.4 Å². The van der Waals surface area contributed by atoms with E-state index in [9.17, 15) is 9.59 Å². The van der Waals surface area contributed by atoms with Crippen molar-refractivity contribution in [1.29, 1.82) is 0 Å². The van der Waals surface area contributed by atoms with E-state index in [1.165, 1.54) is 10.9 Å². The second-order valence-corrected chi connectivity index (χ2v) is 4.96. The highest BCUT2D eigenvalue weighted by atomic mass is 35.5. The molecule has 0 spiro atoms. The number of nitrogens with zero attached hydrogens (tertiary/aromatic N) is 4. The average Bonchev–Trinajstić information content (AvgIpc) is 2.74. The molecule has 98 valence electrons. The van der Waals surface area contributed by atoms with Gasteiger partial charge in [0, 0.05) is 26.5 Å². The molecule has 1 atom stereocenters. The van der Waals surface area contributed by atoms with Gasteiger partial charge in [-0.05, 0) is 0 Å². The number of halogens is 2. The van der Waals surface area contributed by atoms with Gasteiger partial charge >= 0.3 is 5.69 Å². The standard InChI is InChI=1S/C10H12Cl2N4O2/c1-14-5-13-8-7(14)9(17)16(4-6(12)3-11)10(18)15(8)2/h5-6H,3-4H2,1-2H3. The lowest BCUT2D eigenvalue weighted by atomic mass is 10.4. The highest BCUT2D eigenvalue weighted by Gasteiger charge is 2.16. The fourth-order valence-electron chi connectivity index (χ4n) is 1.80. The van der Waals surface area contributed by atoms with Crippen LogP contribution in [0.5, 0.6) is 0 Å². The Labute approximate surface area is 112 Å². The average molecular weight is 291 g/mol. The lowest BCUT2D eigenvalue weighted by molar-refractivity contribution is 0.597. The maximum Gasteiger partial charge on any atom is 0.332 e. The zero-order chi connectivity index (χ0) is 13.4. The van der Waals surface area contributed by atoms with Gasteiger partial charge in [0.1, 0.15) is 0 Å². The topological polar surface area (TPSA) is 61.8 Å². The summed E-state index contributed by atoms with van der Waals surface area (Å²) in [6.07, 6.45) is 1.50. The van der Waals surface area contributed by atoms with E-state index in [-0.39, 0.29) is 12.4 Å². The van der Waals surface area contributed by atoms with Crippen molar-refractivity contribution in [3.8, 4) is 0 Å². The Bertz CT molecular complexity index is 700. The van der Waals surface area contributed by atoms with Gasteiger partial charge in [-0.2, -0.15) is 0 Å². The molecule has 2 aromatic rings. The Hall–Kier alpha value is -1.27. The van der Waals surface area contributed by atoms with Gasteiger partial charge in [-0.15, -0.1) is 23.2 Å². The molecule has 0 aromatic carbocycles. The Kier molecular flexibility index (Phi) is 3.49. The fourth-order valence-corrected chi connectivity index (χ4v) is 2.04. The number of imidazole rings is 1. The molecule has 0 radical (unpaired) electrons. The number of aryl methyl sites for hydroxylation is 2. The molecule has 2 heterocycles. The predicted molar refractivity (Wildman–Crippen MR) is 70.6 cm³/mol. The molecular weight excluding hydrogens is 279 g/mol. The van der Waals surface area contributed by atoms with Crippen LogP contribution in [0.4, 0.5) is 0 Å². The lowest BCUT2D eigenvalue weighted by Crippen LogP contribution is -2.41. The highest BCUT2D eigenvalue weighted by Crippen LogP contribution is 2.05. The minimum Gasteiger partial charge on any atom is -0.328 e. The zero-order valence-corrected chi connectivity index (χ0v) is 11.4. The van der Waals surface area contributed by atoms with Gasteiger partial charge in [0.2, 0.25) is 0 Å². The largest absolute Gasteiger partial charge is 0.332 e. The van der Waals surface area contributed by atoms with Crippen molar-refractivity contribution < 1.29 is 0 Å². The van der Waals surface area contributed by atoms with Gasteiger partial charge in [-0.3, -0.25) is 13.9 Å². The van der Waals surface area contributed by atoms with Crippen LogP contribution in [0.3, 0.4) is 0 Å². The Balaban J connectivity index is 2.78. The number of hydrogen-bond acceptors (Lipinski definition) is 3. The molecule has 0 aliphatic heterocycles. The predicted octanol–water partition coefficient (Wildman–Crippen LogP) is 0.280. The van der Waals surface area contributed by atoms with Gasteiger partial charge in [0.05, 0.1) is 11.7 Å². The summed E-state index contributed by atoms with van der Waals surface area (Å²) in [4.78, 5) is 28.3. The third kappa shape index (κ3) is 1.95. The van der Waals surface area contributed by atoms with Crippen LogP contribution in [-0.4, -0.2) is 29.9 Å². The molecule has 2 rings (SSSR count). The van der Waals surface area contributed by atoms with Crippen LogP contribution in [0.1, 0.15) is 0 Å². The van der Waals surface area contributed by atoms with Gasteiger partial charge in [-0.1, -0.05) is 0 Å². The van der Waals surface area contributed by atoms with Crippen LogP contribution in [-0.2, 0) is 20.6 Å². The minimum atomic E-state index is -0.470. The molecule has 6 nitrogen and oxygen atoms in total. The second-order valence-electron chi connectivity index (χ2n) is 4.04. The van der Waals surface area contributed by atoms with E-state index in [1.54, 1.807) is 18.7 Å². The van der Waals surface area contributed by atoms with Gasteiger partial charge in [-0.25, -0.2) is 9.78 Å². The van der Waals surface area contributed by atoms with Crippen LogP contribution in [0.25, 0.3) is 11.2 Å². The molecule has 8 heteroatoms. The van der Waals surface area contributed by atoms with Gasteiger partial charge in [0.15, 0.2) is 11.2 Å². The van der Waals surface area contributed by atoms with Crippen molar-refractivity contribution in [3.05, 3.63) is 27.2 Å². The number of aromatic nitrogens is 4. The zero-order valence-electron chi connectivity index (χ0n) is 9.93. The van der Waals surface area contributed by atoms with Crippen LogP contribution in [0, 0.1) is 0 Å². The molecule has 0 bridgehead atoms. The first-order valence-corrected chi connectivity index (χ1v) is 6.25. The van der Waals surface area contributed by atoms with Gasteiger partial charge < -0.3 is 4.57 Å². The first-order chi connectivity index (χ1) is 8.47. The van der Waals surface area contributed by atoms with E-state index >= 15 is 0 Å². The summed E-state index contributed by atoms with van der Waals surface area (Å²) in [5, 5.41) is -0.470. The molecule has 0 amide bonds. The molecule has 1 unspecified atom stereocenters. The summed E-state index contributed by atoms with van der Waals surface area (Å²) < 4.78 is 4.00. The summed E-state index contributed by atoms with van der Waals surface area (Å²) in [5.74, 6) is 0.167. The fraction of sp³-hybridized carbons (Fsp3) is 0.500. The quantitative estimate of drug-likeness (QED) is 0.763. The number of hydrogen-bond donors (Lipinski definition) is 0. The second kappa shape index (κ2) is 4.78. The summed E-state index contributed by atoms with van der Waals surface area (Å²) in [5.41, 5.74) is -0.109. The first-order valence-electron chi connectivity index (χ1n) is 5.28. The van der Waals surface area contributed by atoms with E-state index < -0.39 is 16.6 Å². The van der Waals surface area contributed by atoms with Crippen LogP contribution in [0.2, 0.25) is 0 Å². The summed E-state index contributed by atoms with van der Waals surface area (Å²) in [7, 11) is 3.27. The molecule has 0 aliphatic rings. The maximum atomic E-state index is 12.2. The molecular formula is C10H12Cl2N4O2. The van der Waals surface area contributed by atoms with Crippen LogP contribution in [0.15, 0.2) is 15.9 Å². The van der Waals surface area contributed by atoms with Crippen LogP contribution >= 0.6 is 23.2 Å². The normalized spacial score (nSPS) is 13.1. The minimum absolute atomic E-state index is 0.0810. The summed E-state index contributed by atoms with van der Waals surface area (Å²) in [6.45, 7) is 0.0810. The van der Waals surface area contributed by atoms with Crippen molar-refractivity contribution in [2.45, 2.75) is 11.9 Å². The molecule has 0 saturated carbocycles. The molecule has 0 saturated heterocycles. The Morgan fingerprint density at radius 2 is 2.06 bits per heavy atom. The van der Waals surface area contributed by atoms with Crippen LogP contribution < -0.4 is 11.2 Å². The van der Waals surface area contributed by atoms with E-state index in [0.717, 1.165) is 4.57 Å². The lowest BCUT2D eigenvalue weighted by Gasteiger charge is -2.10. The SMILES string of the molecule is Cn1cnc2c1c(=O)n(CC(Cl)CCl)c(=O)n2C. The van der Waals surface area contributed by atoms with Gasteiger partial charge in [0.25, 0.3) is 5.56 Å². The summed E-state index contributed by atoms with van der Waals surface area (Å²) in [6, 6.07) is 0. The summed E-state index contributed by atoms with van der Waals surface area (Å²) >= 11 is 11.5. The number of rotatable bonds is 3. The van der Waals surface area contributed by atoms with E-state index in [1.807, 2.05) is 0 Å². The van der Waals surface area contributed by atoms with E-state index in [2.05, 4.69) is 4.98 Å². The molecule has 0 fully saturated rings. The maximum absolute atomic E-state index is 12.2. The van der Waals surface area contributed by atoms with Crippen molar-refractivity contribution in [2.24, 2.45) is 14.1 Å². The van der Waals surface area contributed by atoms with E-state index in [0.29, 0.717) is 11.2 Å².